The lowest BCUT2D eigenvalue weighted by molar-refractivity contribution is 0.240. The number of methoxy groups -OCH3 is 1. The smallest absolute Gasteiger partial charge is 0.339 e. The summed E-state index contributed by atoms with van der Waals surface area (Å²) in [6.07, 6.45) is 3.29. The van der Waals surface area contributed by atoms with Gasteiger partial charge in [-0.1, -0.05) is 37.3 Å². The zero-order valence-corrected chi connectivity index (χ0v) is 18.9. The maximum absolute atomic E-state index is 11.9. The van der Waals surface area contributed by atoms with Gasteiger partial charge in [-0.05, 0) is 60.0 Å². The van der Waals surface area contributed by atoms with E-state index in [1.165, 1.54) is 11.8 Å². The lowest BCUT2D eigenvalue weighted by Crippen LogP contribution is -2.24. The fourth-order valence-corrected chi connectivity index (χ4v) is 2.98. The van der Waals surface area contributed by atoms with Gasteiger partial charge in [0.15, 0.2) is 11.5 Å². The van der Waals surface area contributed by atoms with Crippen molar-refractivity contribution in [3.63, 3.8) is 0 Å². The number of urea groups is 1. The summed E-state index contributed by atoms with van der Waals surface area (Å²) in [6, 6.07) is 22.3. The molecule has 0 bridgehead atoms. The number of para-hydroxylation sites is 1. The van der Waals surface area contributed by atoms with E-state index in [-0.39, 0.29) is 0 Å². The molecule has 0 spiro atoms. The van der Waals surface area contributed by atoms with Crippen LogP contribution in [0.25, 0.3) is 0 Å². The first-order valence-corrected chi connectivity index (χ1v) is 10.9. The third-order valence-electron chi connectivity index (χ3n) is 4.75. The number of carbonyl (C=O) groups is 1. The van der Waals surface area contributed by atoms with Crippen molar-refractivity contribution in [1.29, 1.82) is 0 Å². The van der Waals surface area contributed by atoms with Gasteiger partial charge in [-0.3, -0.25) is 0 Å². The van der Waals surface area contributed by atoms with Crippen molar-refractivity contribution in [2.45, 2.75) is 19.8 Å². The summed E-state index contributed by atoms with van der Waals surface area (Å²) in [4.78, 5) is 11.9. The Hall–Kier alpha value is -4.00. The highest BCUT2D eigenvalue weighted by Crippen LogP contribution is 2.27. The molecule has 2 N–H and O–H groups in total. The quantitative estimate of drug-likeness (QED) is 0.239. The number of nitrogens with one attached hydrogen (secondary N) is 2. The second kappa shape index (κ2) is 12.8. The number of nitrogens with zero attached hydrogens (tertiary/aromatic N) is 1. The lowest BCUT2D eigenvalue weighted by Gasteiger charge is -2.12. The van der Waals surface area contributed by atoms with E-state index in [4.69, 9.17) is 14.2 Å². The van der Waals surface area contributed by atoms with Crippen LogP contribution in [0, 0.1) is 0 Å². The fourth-order valence-electron chi connectivity index (χ4n) is 2.98. The van der Waals surface area contributed by atoms with Crippen LogP contribution in [0.5, 0.6) is 17.2 Å². The number of anilines is 1. The molecular formula is C26H29N3O4. The van der Waals surface area contributed by atoms with Gasteiger partial charge in [-0.15, -0.1) is 0 Å². The van der Waals surface area contributed by atoms with Crippen LogP contribution in [0.4, 0.5) is 10.5 Å². The number of hydrogen-bond acceptors (Lipinski definition) is 5. The Balaban J connectivity index is 1.42. The van der Waals surface area contributed by atoms with Crippen molar-refractivity contribution < 1.29 is 19.0 Å². The summed E-state index contributed by atoms with van der Waals surface area (Å²) in [6.45, 7) is 3.19. The fraction of sp³-hybridized carbons (Fsp3) is 0.231. The van der Waals surface area contributed by atoms with Gasteiger partial charge >= 0.3 is 6.03 Å². The molecule has 7 heteroatoms. The molecule has 3 aromatic rings. The highest BCUT2D eigenvalue weighted by Gasteiger charge is 2.06. The molecule has 0 aliphatic rings. The Bertz CT molecular complexity index is 1040. The van der Waals surface area contributed by atoms with Crippen LogP contribution in [0.1, 0.15) is 24.5 Å². The first kappa shape index (κ1) is 23.7. The molecule has 0 fully saturated rings. The van der Waals surface area contributed by atoms with Crippen molar-refractivity contribution in [3.05, 3.63) is 83.9 Å². The maximum Gasteiger partial charge on any atom is 0.339 e. The second-order valence-corrected chi connectivity index (χ2v) is 7.15. The summed E-state index contributed by atoms with van der Waals surface area (Å²) >= 11 is 0. The Morgan fingerprint density at radius 2 is 1.70 bits per heavy atom. The van der Waals surface area contributed by atoms with Gasteiger partial charge < -0.3 is 19.5 Å². The monoisotopic (exact) mass is 447 g/mol. The molecule has 0 heterocycles. The van der Waals surface area contributed by atoms with Gasteiger partial charge in [0.1, 0.15) is 5.75 Å². The number of ether oxygens (including phenoxy) is 3. The number of hydrazone groups is 1. The van der Waals surface area contributed by atoms with E-state index < -0.39 is 6.03 Å². The lowest BCUT2D eigenvalue weighted by atomic mass is 10.2. The van der Waals surface area contributed by atoms with E-state index in [0.29, 0.717) is 30.4 Å². The van der Waals surface area contributed by atoms with Crippen LogP contribution in [-0.2, 0) is 6.42 Å². The van der Waals surface area contributed by atoms with Crippen LogP contribution < -0.4 is 25.0 Å². The number of benzene rings is 3. The van der Waals surface area contributed by atoms with Gasteiger partial charge in [0.05, 0.1) is 26.5 Å². The van der Waals surface area contributed by atoms with Gasteiger partial charge in [0, 0.05) is 12.1 Å². The average molecular weight is 448 g/mol. The van der Waals surface area contributed by atoms with E-state index >= 15 is 0 Å². The van der Waals surface area contributed by atoms with Crippen molar-refractivity contribution in [2.24, 2.45) is 5.10 Å². The van der Waals surface area contributed by atoms with Gasteiger partial charge in [-0.25, -0.2) is 10.2 Å². The average Bonchev–Trinajstić information content (AvgIpc) is 2.85. The maximum atomic E-state index is 11.9. The molecule has 0 saturated heterocycles. The topological polar surface area (TPSA) is 81.2 Å². The van der Waals surface area contributed by atoms with Crippen molar-refractivity contribution in [3.8, 4) is 17.2 Å². The van der Waals surface area contributed by atoms with Crippen molar-refractivity contribution >= 4 is 17.9 Å². The number of aryl methyl sites for hydroxylation is 1. The number of carbonyl (C=O) groups excluding carboxylic acids is 1. The molecule has 3 rings (SSSR count). The van der Waals surface area contributed by atoms with Crippen LogP contribution in [0.15, 0.2) is 77.9 Å². The zero-order valence-electron chi connectivity index (χ0n) is 18.9. The Labute approximate surface area is 194 Å². The summed E-state index contributed by atoms with van der Waals surface area (Å²) in [5, 5.41) is 6.66. The predicted molar refractivity (Wildman–Crippen MR) is 131 cm³/mol. The first-order chi connectivity index (χ1) is 16.2. The highest BCUT2D eigenvalue weighted by molar-refractivity contribution is 5.90. The SMILES string of the molecule is CCc1ccc(OCCCOc2ccc(/C=N/NC(=O)Nc3ccccc3)cc2OC)cc1. The first-order valence-electron chi connectivity index (χ1n) is 10.9. The third-order valence-corrected chi connectivity index (χ3v) is 4.75. The highest BCUT2D eigenvalue weighted by atomic mass is 16.5. The molecule has 0 radical (unpaired) electrons. The Morgan fingerprint density at radius 3 is 2.42 bits per heavy atom. The van der Waals surface area contributed by atoms with E-state index in [9.17, 15) is 4.79 Å². The standard InChI is InChI=1S/C26H29N3O4/c1-3-20-10-13-23(14-11-20)32-16-7-17-33-24-15-12-21(18-25(24)31-2)19-27-29-26(30)28-22-8-5-4-6-9-22/h4-6,8-15,18-19H,3,7,16-17H2,1-2H3,(H2,28,29,30)/b27-19+. The van der Waals surface area contributed by atoms with E-state index in [0.717, 1.165) is 24.2 Å². The second-order valence-electron chi connectivity index (χ2n) is 7.15. The Morgan fingerprint density at radius 1 is 0.939 bits per heavy atom. The zero-order chi connectivity index (χ0) is 23.3. The number of amides is 2. The summed E-state index contributed by atoms with van der Waals surface area (Å²) < 4.78 is 17.0. The molecule has 0 aromatic heterocycles. The molecule has 33 heavy (non-hydrogen) atoms. The van der Waals surface area contributed by atoms with Crippen LogP contribution >= 0.6 is 0 Å². The predicted octanol–water partition coefficient (Wildman–Crippen LogP) is 5.26. The molecule has 172 valence electrons. The normalized spacial score (nSPS) is 10.6. The molecule has 7 nitrogen and oxygen atoms in total. The minimum absolute atomic E-state index is 0.423. The molecular weight excluding hydrogens is 418 g/mol. The minimum atomic E-state index is -0.423. The van der Waals surface area contributed by atoms with Crippen LogP contribution in [0.2, 0.25) is 0 Å². The molecule has 0 atom stereocenters. The minimum Gasteiger partial charge on any atom is -0.493 e. The molecule has 2 amide bonds. The molecule has 0 saturated carbocycles. The van der Waals surface area contributed by atoms with Gasteiger partial charge in [0.25, 0.3) is 0 Å². The summed E-state index contributed by atoms with van der Waals surface area (Å²) in [5.41, 5.74) is 5.17. The molecule has 0 aliphatic carbocycles. The number of rotatable bonds is 11. The van der Waals surface area contributed by atoms with E-state index in [1.807, 2.05) is 42.5 Å². The van der Waals surface area contributed by atoms with Gasteiger partial charge in [-0.2, -0.15) is 5.10 Å². The molecule has 0 aliphatic heterocycles. The third kappa shape index (κ3) is 7.88. The van der Waals surface area contributed by atoms with Crippen molar-refractivity contribution in [2.75, 3.05) is 25.6 Å². The van der Waals surface area contributed by atoms with Gasteiger partial charge in [0.2, 0.25) is 0 Å². The largest absolute Gasteiger partial charge is 0.493 e. The summed E-state index contributed by atoms with van der Waals surface area (Å²) in [7, 11) is 1.58. The van der Waals surface area contributed by atoms with E-state index in [1.54, 1.807) is 25.3 Å². The molecule has 0 unspecified atom stereocenters. The van der Waals surface area contributed by atoms with Crippen LogP contribution in [0.3, 0.4) is 0 Å². The summed E-state index contributed by atoms with van der Waals surface area (Å²) in [5.74, 6) is 2.08. The molecule has 3 aromatic carbocycles. The van der Waals surface area contributed by atoms with E-state index in [2.05, 4.69) is 34.9 Å². The Kier molecular flexibility index (Phi) is 9.15. The van der Waals surface area contributed by atoms with Crippen LogP contribution in [-0.4, -0.2) is 32.6 Å². The van der Waals surface area contributed by atoms with Crippen molar-refractivity contribution in [1.82, 2.24) is 5.43 Å². The number of hydrogen-bond donors (Lipinski definition) is 2.